The van der Waals surface area contributed by atoms with E-state index in [0.717, 1.165) is 63.1 Å². The Bertz CT molecular complexity index is 922. The molecule has 0 unspecified atom stereocenters. The molecule has 1 fully saturated rings. The van der Waals surface area contributed by atoms with Gasteiger partial charge in [0.15, 0.2) is 0 Å². The fraction of sp³-hybridized carbons (Fsp3) is 0.478. The van der Waals surface area contributed by atoms with Gasteiger partial charge in [0.1, 0.15) is 0 Å². The van der Waals surface area contributed by atoms with Crippen LogP contribution in [0.4, 0.5) is 0 Å². The minimum Gasteiger partial charge on any atom is -0.312 e. The quantitative estimate of drug-likeness (QED) is 0.791. The smallest absolute Gasteiger partial charge is 0.243 e. The fourth-order valence-electron chi connectivity index (χ4n) is 4.54. The Morgan fingerprint density at radius 1 is 1.07 bits per heavy atom. The number of nitrogens with one attached hydrogen (secondary N) is 1. The zero-order chi connectivity index (χ0) is 20.3. The van der Waals surface area contributed by atoms with E-state index in [2.05, 4.69) is 34.5 Å². The summed E-state index contributed by atoms with van der Waals surface area (Å²) in [7, 11) is -1.71. The largest absolute Gasteiger partial charge is 0.312 e. The SMILES string of the molecule is CN(CC1CCN(Cc2ccccc2)CC1)S(=O)(=O)c1cccc2c1CCNC2. The second kappa shape index (κ2) is 8.96. The van der Waals surface area contributed by atoms with Gasteiger partial charge in [-0.15, -0.1) is 0 Å². The van der Waals surface area contributed by atoms with Crippen molar-refractivity contribution in [3.63, 3.8) is 0 Å². The Labute approximate surface area is 174 Å². The molecule has 0 aromatic heterocycles. The molecule has 0 atom stereocenters. The summed E-state index contributed by atoms with van der Waals surface area (Å²) in [5, 5.41) is 3.32. The molecule has 0 spiro atoms. The van der Waals surface area contributed by atoms with E-state index in [0.29, 0.717) is 17.4 Å². The lowest BCUT2D eigenvalue weighted by Crippen LogP contribution is -2.39. The molecule has 0 amide bonds. The molecule has 1 saturated heterocycles. The molecule has 2 heterocycles. The zero-order valence-corrected chi connectivity index (χ0v) is 18.0. The molecule has 0 radical (unpaired) electrons. The molecule has 0 saturated carbocycles. The first kappa shape index (κ1) is 20.5. The standard InChI is InChI=1S/C23H31N3O2S/c1-25(29(27,28)23-9-5-8-21-16-24-13-10-22(21)23)17-20-11-14-26(15-12-20)18-19-6-3-2-4-7-19/h2-9,20,24H,10-18H2,1H3. The lowest BCUT2D eigenvalue weighted by Gasteiger charge is -2.34. The number of piperidine rings is 1. The van der Waals surface area contributed by atoms with Crippen molar-refractivity contribution in [1.29, 1.82) is 0 Å². The number of likely N-dealkylation sites (tertiary alicyclic amines) is 1. The van der Waals surface area contributed by atoms with Gasteiger partial charge in [-0.25, -0.2) is 12.7 Å². The average Bonchev–Trinajstić information content (AvgIpc) is 2.75. The number of hydrogen-bond acceptors (Lipinski definition) is 4. The topological polar surface area (TPSA) is 52.7 Å². The van der Waals surface area contributed by atoms with Crippen molar-refractivity contribution in [2.45, 2.75) is 37.2 Å². The second-order valence-electron chi connectivity index (χ2n) is 8.31. The minimum atomic E-state index is -3.45. The summed E-state index contributed by atoms with van der Waals surface area (Å²) in [5.41, 5.74) is 3.45. The number of fused-ring (bicyclic) bond motifs is 1. The highest BCUT2D eigenvalue weighted by atomic mass is 32.2. The monoisotopic (exact) mass is 413 g/mol. The van der Waals surface area contributed by atoms with Gasteiger partial charge in [0, 0.05) is 26.7 Å². The van der Waals surface area contributed by atoms with E-state index >= 15 is 0 Å². The maximum absolute atomic E-state index is 13.3. The third-order valence-electron chi connectivity index (χ3n) is 6.26. The Morgan fingerprint density at radius 2 is 1.83 bits per heavy atom. The van der Waals surface area contributed by atoms with Crippen LogP contribution in [0.3, 0.4) is 0 Å². The van der Waals surface area contributed by atoms with Gasteiger partial charge >= 0.3 is 0 Å². The van der Waals surface area contributed by atoms with E-state index in [4.69, 9.17) is 0 Å². The average molecular weight is 414 g/mol. The number of sulfonamides is 1. The van der Waals surface area contributed by atoms with E-state index < -0.39 is 10.0 Å². The van der Waals surface area contributed by atoms with E-state index in [1.54, 1.807) is 17.4 Å². The lowest BCUT2D eigenvalue weighted by atomic mass is 9.96. The van der Waals surface area contributed by atoms with Crippen molar-refractivity contribution in [2.75, 3.05) is 33.2 Å². The minimum absolute atomic E-state index is 0.419. The highest BCUT2D eigenvalue weighted by Crippen LogP contribution is 2.27. The zero-order valence-electron chi connectivity index (χ0n) is 17.2. The second-order valence-corrected chi connectivity index (χ2v) is 10.3. The fourth-order valence-corrected chi connectivity index (χ4v) is 6.07. The van der Waals surface area contributed by atoms with Crippen LogP contribution in [-0.4, -0.2) is 50.8 Å². The molecule has 4 rings (SSSR count). The maximum atomic E-state index is 13.3. The number of hydrogen-bond donors (Lipinski definition) is 1. The molecule has 2 aromatic rings. The summed E-state index contributed by atoms with van der Waals surface area (Å²) in [6.07, 6.45) is 2.86. The summed E-state index contributed by atoms with van der Waals surface area (Å²) < 4.78 is 28.1. The molecular formula is C23H31N3O2S. The molecular weight excluding hydrogens is 382 g/mol. The lowest BCUT2D eigenvalue weighted by molar-refractivity contribution is 0.166. The van der Waals surface area contributed by atoms with Crippen LogP contribution in [0.5, 0.6) is 0 Å². The highest BCUT2D eigenvalue weighted by molar-refractivity contribution is 7.89. The first-order chi connectivity index (χ1) is 14.0. The Balaban J connectivity index is 1.37. The van der Waals surface area contributed by atoms with Gasteiger partial charge in [-0.2, -0.15) is 0 Å². The Hall–Kier alpha value is -1.73. The normalized spacial score (nSPS) is 18.7. The highest BCUT2D eigenvalue weighted by Gasteiger charge is 2.29. The molecule has 2 aromatic carbocycles. The predicted octanol–water partition coefficient (Wildman–Crippen LogP) is 2.87. The first-order valence-electron chi connectivity index (χ1n) is 10.6. The molecule has 0 aliphatic carbocycles. The molecule has 29 heavy (non-hydrogen) atoms. The van der Waals surface area contributed by atoms with Gasteiger partial charge in [-0.3, -0.25) is 4.90 Å². The van der Waals surface area contributed by atoms with E-state index in [9.17, 15) is 8.42 Å². The van der Waals surface area contributed by atoms with Crippen LogP contribution in [0, 0.1) is 5.92 Å². The molecule has 2 aliphatic heterocycles. The molecule has 156 valence electrons. The summed E-state index contributed by atoms with van der Waals surface area (Å²) in [5.74, 6) is 0.419. The van der Waals surface area contributed by atoms with Gasteiger partial charge in [-0.1, -0.05) is 42.5 Å². The summed E-state index contributed by atoms with van der Waals surface area (Å²) >= 11 is 0. The first-order valence-corrected chi connectivity index (χ1v) is 12.0. The van der Waals surface area contributed by atoms with Crippen molar-refractivity contribution in [2.24, 2.45) is 5.92 Å². The summed E-state index contributed by atoms with van der Waals surface area (Å²) in [6, 6.07) is 16.2. The molecule has 5 nitrogen and oxygen atoms in total. The van der Waals surface area contributed by atoms with Gasteiger partial charge in [0.2, 0.25) is 10.0 Å². The molecule has 2 aliphatic rings. The van der Waals surface area contributed by atoms with Crippen molar-refractivity contribution in [1.82, 2.24) is 14.5 Å². The van der Waals surface area contributed by atoms with E-state index in [1.165, 1.54) is 5.56 Å². The van der Waals surface area contributed by atoms with Crippen molar-refractivity contribution < 1.29 is 8.42 Å². The molecule has 6 heteroatoms. The predicted molar refractivity (Wildman–Crippen MR) is 116 cm³/mol. The van der Waals surface area contributed by atoms with E-state index in [-0.39, 0.29) is 0 Å². The molecule has 0 bridgehead atoms. The summed E-state index contributed by atoms with van der Waals surface area (Å²) in [6.45, 7) is 5.22. The van der Waals surface area contributed by atoms with Gasteiger partial charge in [-0.05, 0) is 67.6 Å². The van der Waals surface area contributed by atoms with Crippen molar-refractivity contribution in [3.8, 4) is 0 Å². The number of rotatable bonds is 6. The van der Waals surface area contributed by atoms with E-state index in [1.807, 2.05) is 18.2 Å². The van der Waals surface area contributed by atoms with Crippen LogP contribution in [0.25, 0.3) is 0 Å². The van der Waals surface area contributed by atoms with Crippen LogP contribution in [-0.2, 0) is 29.5 Å². The van der Waals surface area contributed by atoms with Gasteiger partial charge in [0.05, 0.1) is 4.90 Å². The Kier molecular flexibility index (Phi) is 6.35. The summed E-state index contributed by atoms with van der Waals surface area (Å²) in [4.78, 5) is 2.97. The number of benzene rings is 2. The Morgan fingerprint density at radius 3 is 2.59 bits per heavy atom. The maximum Gasteiger partial charge on any atom is 0.243 e. The molecule has 1 N–H and O–H groups in total. The van der Waals surface area contributed by atoms with Crippen LogP contribution >= 0.6 is 0 Å². The number of nitrogens with zero attached hydrogens (tertiary/aromatic N) is 2. The van der Waals surface area contributed by atoms with Gasteiger partial charge in [0.25, 0.3) is 0 Å². The van der Waals surface area contributed by atoms with Gasteiger partial charge < -0.3 is 5.32 Å². The third-order valence-corrected chi connectivity index (χ3v) is 8.16. The third kappa shape index (κ3) is 4.72. The van der Waals surface area contributed by atoms with Crippen LogP contribution in [0.2, 0.25) is 0 Å². The van der Waals surface area contributed by atoms with Crippen molar-refractivity contribution in [3.05, 3.63) is 65.2 Å². The van der Waals surface area contributed by atoms with Crippen LogP contribution < -0.4 is 5.32 Å². The van der Waals surface area contributed by atoms with Crippen LogP contribution in [0.1, 0.15) is 29.5 Å². The van der Waals surface area contributed by atoms with Crippen molar-refractivity contribution >= 4 is 10.0 Å². The van der Waals surface area contributed by atoms with Crippen LogP contribution in [0.15, 0.2) is 53.4 Å².